The highest BCUT2D eigenvalue weighted by atomic mass is 32.2. The minimum Gasteiger partial charge on any atom is -0.490 e. The molecule has 0 radical (unpaired) electrons. The molecule has 0 saturated carbocycles. The second-order valence-electron chi connectivity index (χ2n) is 7.67. The zero-order valence-electron chi connectivity index (χ0n) is 15.9. The summed E-state index contributed by atoms with van der Waals surface area (Å²) in [5, 5.41) is 2.81. The maximum absolute atomic E-state index is 12.7. The number of anilines is 2. The highest BCUT2D eigenvalue weighted by Gasteiger charge is 2.32. The average Bonchev–Trinajstić information content (AvgIpc) is 2.71. The number of hydrogen-bond donors (Lipinski definition) is 2. The van der Waals surface area contributed by atoms with E-state index in [-0.39, 0.29) is 17.4 Å². The van der Waals surface area contributed by atoms with Gasteiger partial charge in [0.1, 0.15) is 12.4 Å². The molecular weight excluding hydrogens is 364 g/mol. The molecule has 1 aliphatic heterocycles. The third-order valence-electron chi connectivity index (χ3n) is 4.54. The van der Waals surface area contributed by atoms with Gasteiger partial charge in [0.05, 0.1) is 21.7 Å². The van der Waals surface area contributed by atoms with Crippen molar-refractivity contribution in [2.24, 2.45) is 5.41 Å². The lowest BCUT2D eigenvalue weighted by atomic mass is 9.94. The number of rotatable bonds is 4. The standard InChI is InChI=1S/C20H24N2O4S/c1-13(2)14-5-8-16(9-6-14)27(24,25)22-15-7-10-17-18(11-15)26-12-20(3,4)19(23)21-17/h5-11,13,22H,12H2,1-4H3,(H,21,23). The summed E-state index contributed by atoms with van der Waals surface area (Å²) in [5.74, 6) is 0.625. The lowest BCUT2D eigenvalue weighted by Crippen LogP contribution is -2.33. The molecule has 7 heteroatoms. The second kappa shape index (κ2) is 6.88. The molecule has 0 saturated heterocycles. The van der Waals surface area contributed by atoms with Gasteiger partial charge in [0, 0.05) is 6.07 Å². The molecule has 0 aromatic heterocycles. The first-order valence-electron chi connectivity index (χ1n) is 8.79. The maximum Gasteiger partial charge on any atom is 0.261 e. The number of carbonyl (C=O) groups excluding carboxylic acids is 1. The van der Waals surface area contributed by atoms with Crippen LogP contribution in [0.2, 0.25) is 0 Å². The van der Waals surface area contributed by atoms with Crippen LogP contribution >= 0.6 is 0 Å². The molecule has 0 fully saturated rings. The van der Waals surface area contributed by atoms with Crippen molar-refractivity contribution in [1.29, 1.82) is 0 Å². The Morgan fingerprint density at radius 3 is 2.41 bits per heavy atom. The Hall–Kier alpha value is -2.54. The number of fused-ring (bicyclic) bond motifs is 1. The van der Waals surface area contributed by atoms with Crippen LogP contribution in [0.3, 0.4) is 0 Å². The number of nitrogens with one attached hydrogen (secondary N) is 2. The van der Waals surface area contributed by atoms with E-state index in [1.807, 2.05) is 12.1 Å². The summed E-state index contributed by atoms with van der Waals surface area (Å²) in [6.45, 7) is 7.89. The predicted molar refractivity (Wildman–Crippen MR) is 106 cm³/mol. The van der Waals surface area contributed by atoms with Gasteiger partial charge in [-0.05, 0) is 49.6 Å². The molecule has 0 atom stereocenters. The highest BCUT2D eigenvalue weighted by molar-refractivity contribution is 7.92. The Kier molecular flexibility index (Phi) is 4.90. The SMILES string of the molecule is CC(C)c1ccc(S(=O)(=O)Nc2ccc3c(c2)OCC(C)(C)C(=O)N3)cc1. The highest BCUT2D eigenvalue weighted by Crippen LogP contribution is 2.34. The van der Waals surface area contributed by atoms with Gasteiger partial charge in [0.15, 0.2) is 0 Å². The summed E-state index contributed by atoms with van der Waals surface area (Å²) in [5.41, 5.74) is 1.30. The van der Waals surface area contributed by atoms with E-state index in [4.69, 9.17) is 4.74 Å². The van der Waals surface area contributed by atoms with E-state index in [1.54, 1.807) is 44.2 Å². The summed E-state index contributed by atoms with van der Waals surface area (Å²) < 4.78 is 33.6. The summed E-state index contributed by atoms with van der Waals surface area (Å²) >= 11 is 0. The quantitative estimate of drug-likeness (QED) is 0.830. The van der Waals surface area contributed by atoms with Crippen molar-refractivity contribution in [2.45, 2.75) is 38.5 Å². The molecule has 6 nitrogen and oxygen atoms in total. The zero-order chi connectivity index (χ0) is 19.8. The summed E-state index contributed by atoms with van der Waals surface area (Å²) in [6, 6.07) is 11.6. The first-order valence-corrected chi connectivity index (χ1v) is 10.3. The Bertz CT molecular complexity index is 964. The number of amides is 1. The van der Waals surface area contributed by atoms with E-state index < -0.39 is 15.4 Å². The fraction of sp³-hybridized carbons (Fsp3) is 0.350. The van der Waals surface area contributed by atoms with Gasteiger partial charge in [-0.2, -0.15) is 0 Å². The van der Waals surface area contributed by atoms with Crippen LogP contribution in [0.4, 0.5) is 11.4 Å². The molecule has 1 aliphatic rings. The van der Waals surface area contributed by atoms with Crippen LogP contribution in [0.15, 0.2) is 47.4 Å². The van der Waals surface area contributed by atoms with E-state index in [0.29, 0.717) is 23.0 Å². The second-order valence-corrected chi connectivity index (χ2v) is 9.35. The average molecular weight is 388 g/mol. The number of hydrogen-bond acceptors (Lipinski definition) is 4. The van der Waals surface area contributed by atoms with Gasteiger partial charge < -0.3 is 10.1 Å². The molecular formula is C20H24N2O4S. The third kappa shape index (κ3) is 4.08. The zero-order valence-corrected chi connectivity index (χ0v) is 16.7. The van der Waals surface area contributed by atoms with Crippen molar-refractivity contribution < 1.29 is 17.9 Å². The molecule has 1 amide bonds. The van der Waals surface area contributed by atoms with Crippen molar-refractivity contribution in [3.05, 3.63) is 48.0 Å². The Labute approximate surface area is 160 Å². The van der Waals surface area contributed by atoms with Crippen LogP contribution in [0.25, 0.3) is 0 Å². The normalized spacial score (nSPS) is 16.1. The first kappa shape index (κ1) is 19.2. The molecule has 0 spiro atoms. The molecule has 144 valence electrons. The fourth-order valence-electron chi connectivity index (χ4n) is 2.67. The van der Waals surface area contributed by atoms with Crippen molar-refractivity contribution in [3.63, 3.8) is 0 Å². The molecule has 2 aromatic rings. The summed E-state index contributed by atoms with van der Waals surface area (Å²) in [7, 11) is -3.72. The number of ether oxygens (including phenoxy) is 1. The Morgan fingerprint density at radius 2 is 1.78 bits per heavy atom. The van der Waals surface area contributed by atoms with E-state index >= 15 is 0 Å². The van der Waals surface area contributed by atoms with Crippen LogP contribution in [0.5, 0.6) is 5.75 Å². The molecule has 27 heavy (non-hydrogen) atoms. The molecule has 3 rings (SSSR count). The van der Waals surface area contributed by atoms with Gasteiger partial charge in [0.2, 0.25) is 5.91 Å². The van der Waals surface area contributed by atoms with Gasteiger partial charge in [-0.1, -0.05) is 26.0 Å². The predicted octanol–water partition coefficient (Wildman–Crippen LogP) is 3.97. The van der Waals surface area contributed by atoms with E-state index in [0.717, 1.165) is 5.56 Å². The third-order valence-corrected chi connectivity index (χ3v) is 5.94. The van der Waals surface area contributed by atoms with Crippen LogP contribution < -0.4 is 14.8 Å². The van der Waals surface area contributed by atoms with E-state index in [1.165, 1.54) is 0 Å². The van der Waals surface area contributed by atoms with Gasteiger partial charge in [-0.3, -0.25) is 9.52 Å². The van der Waals surface area contributed by atoms with Crippen LogP contribution in [0.1, 0.15) is 39.2 Å². The molecule has 0 bridgehead atoms. The lowest BCUT2D eigenvalue weighted by molar-refractivity contribution is -0.124. The number of benzene rings is 2. The number of carbonyl (C=O) groups is 1. The van der Waals surface area contributed by atoms with Gasteiger partial charge in [-0.15, -0.1) is 0 Å². The van der Waals surface area contributed by atoms with Crippen molar-refractivity contribution in [3.8, 4) is 5.75 Å². The molecule has 2 aromatic carbocycles. The summed E-state index contributed by atoms with van der Waals surface area (Å²) in [6.07, 6.45) is 0. The van der Waals surface area contributed by atoms with Crippen LogP contribution in [-0.2, 0) is 14.8 Å². The number of sulfonamides is 1. The maximum atomic E-state index is 12.7. The monoisotopic (exact) mass is 388 g/mol. The van der Waals surface area contributed by atoms with Crippen LogP contribution in [-0.4, -0.2) is 20.9 Å². The van der Waals surface area contributed by atoms with E-state index in [2.05, 4.69) is 23.9 Å². The summed E-state index contributed by atoms with van der Waals surface area (Å²) in [4.78, 5) is 12.4. The lowest BCUT2D eigenvalue weighted by Gasteiger charge is -2.18. The Morgan fingerprint density at radius 1 is 1.11 bits per heavy atom. The molecule has 1 heterocycles. The van der Waals surface area contributed by atoms with Gasteiger partial charge >= 0.3 is 0 Å². The largest absolute Gasteiger partial charge is 0.490 e. The molecule has 0 aliphatic carbocycles. The smallest absolute Gasteiger partial charge is 0.261 e. The Balaban J connectivity index is 1.84. The molecule has 0 unspecified atom stereocenters. The first-order chi connectivity index (χ1) is 12.6. The molecule has 2 N–H and O–H groups in total. The van der Waals surface area contributed by atoms with Crippen LogP contribution in [0, 0.1) is 5.41 Å². The minimum atomic E-state index is -3.72. The van der Waals surface area contributed by atoms with Crippen molar-refractivity contribution >= 4 is 27.3 Å². The minimum absolute atomic E-state index is 0.139. The van der Waals surface area contributed by atoms with E-state index in [9.17, 15) is 13.2 Å². The van der Waals surface area contributed by atoms with Crippen molar-refractivity contribution in [2.75, 3.05) is 16.6 Å². The van der Waals surface area contributed by atoms with Crippen molar-refractivity contribution in [1.82, 2.24) is 0 Å². The van der Waals surface area contributed by atoms with Gasteiger partial charge in [-0.25, -0.2) is 8.42 Å². The van der Waals surface area contributed by atoms with Gasteiger partial charge in [0.25, 0.3) is 10.0 Å². The fourth-order valence-corrected chi connectivity index (χ4v) is 3.72. The topological polar surface area (TPSA) is 84.5 Å².